The molecule has 0 aromatic carbocycles. The number of amides is 1. The molecule has 1 aliphatic rings. The smallest absolute Gasteiger partial charge is 0.306 e. The Hall–Kier alpha value is -3.16. The van der Waals surface area contributed by atoms with Crippen LogP contribution in [0.25, 0.3) is 0 Å². The lowest BCUT2D eigenvalue weighted by molar-refractivity contribution is -0.305. The summed E-state index contributed by atoms with van der Waals surface area (Å²) in [6.45, 7) is 5.71. The minimum absolute atomic E-state index is 0.125. The van der Waals surface area contributed by atoms with E-state index in [0.717, 1.165) is 116 Å². The number of carbonyl (C=O) groups is 2. The van der Waals surface area contributed by atoms with Gasteiger partial charge in [0.15, 0.2) is 12.4 Å². The van der Waals surface area contributed by atoms with E-state index >= 15 is 0 Å². The quantitative estimate of drug-likeness (QED) is 0.0195. The van der Waals surface area contributed by atoms with E-state index in [1.165, 1.54) is 186 Å². The van der Waals surface area contributed by atoms with Crippen molar-refractivity contribution >= 4 is 11.9 Å². The maximum atomic E-state index is 13.5. The van der Waals surface area contributed by atoms with E-state index in [4.69, 9.17) is 14.2 Å². The Balaban J connectivity index is 2.51. The summed E-state index contributed by atoms with van der Waals surface area (Å²) in [7, 11) is 0. The first-order valence-corrected chi connectivity index (χ1v) is 38.4. The zero-order chi connectivity index (χ0) is 66.0. The molecule has 0 radical (unpaired) electrons. The first-order chi connectivity index (χ1) is 44.7. The second-order valence-corrected chi connectivity index (χ2v) is 26.4. The highest BCUT2D eigenvalue weighted by Gasteiger charge is 2.47. The molecule has 0 aromatic heterocycles. The van der Waals surface area contributed by atoms with Gasteiger partial charge in [0, 0.05) is 6.42 Å². The normalized spacial score (nSPS) is 18.4. The lowest BCUT2D eigenvalue weighted by Crippen LogP contribution is -2.61. The summed E-state index contributed by atoms with van der Waals surface area (Å²) in [4.78, 5) is 26.7. The Labute approximate surface area is 559 Å². The van der Waals surface area contributed by atoms with Crippen LogP contribution >= 0.6 is 0 Å². The van der Waals surface area contributed by atoms with E-state index < -0.39 is 67.4 Å². The minimum Gasteiger partial charge on any atom is -0.454 e. The number of rotatable bonds is 66. The molecule has 1 saturated heterocycles. The van der Waals surface area contributed by atoms with Gasteiger partial charge in [-0.2, -0.15) is 0 Å². The van der Waals surface area contributed by atoms with Gasteiger partial charge in [-0.15, -0.1) is 0 Å². The number of esters is 1. The molecule has 1 amide bonds. The molecule has 1 heterocycles. The van der Waals surface area contributed by atoms with Gasteiger partial charge in [-0.05, 0) is 77.0 Å². The lowest BCUT2D eigenvalue weighted by atomic mass is 9.99. The van der Waals surface area contributed by atoms with Gasteiger partial charge in [-0.1, -0.05) is 350 Å². The van der Waals surface area contributed by atoms with E-state index in [2.05, 4.69) is 99.0 Å². The van der Waals surface area contributed by atoms with Gasteiger partial charge in [0.1, 0.15) is 24.4 Å². The number of hydrogen-bond acceptors (Lipinski definition) is 10. The van der Waals surface area contributed by atoms with Crippen molar-refractivity contribution in [1.29, 1.82) is 0 Å². The molecule has 91 heavy (non-hydrogen) atoms. The number of carbonyl (C=O) groups excluding carboxylic acids is 2. The molecule has 0 aromatic rings. The van der Waals surface area contributed by atoms with E-state index in [-0.39, 0.29) is 19.4 Å². The fraction of sp³-hybridized carbons (Fsp3) is 0.800. The van der Waals surface area contributed by atoms with E-state index in [0.29, 0.717) is 12.8 Å². The zero-order valence-electron chi connectivity index (χ0n) is 59.0. The summed E-state index contributed by atoms with van der Waals surface area (Å²) >= 11 is 0. The fourth-order valence-electron chi connectivity index (χ4n) is 11.8. The third kappa shape index (κ3) is 53.7. The van der Waals surface area contributed by atoms with E-state index in [1.807, 2.05) is 6.08 Å². The molecule has 0 saturated carbocycles. The Morgan fingerprint density at radius 2 is 0.791 bits per heavy atom. The molecule has 0 bridgehead atoms. The molecule has 11 nitrogen and oxygen atoms in total. The molecule has 11 heteroatoms. The van der Waals surface area contributed by atoms with Crippen LogP contribution in [-0.4, -0.2) is 99.6 Å². The first kappa shape index (κ1) is 85.9. The molecule has 0 spiro atoms. The Morgan fingerprint density at radius 3 is 1.19 bits per heavy atom. The summed E-state index contributed by atoms with van der Waals surface area (Å²) in [6.07, 6.45) is 79.2. The van der Waals surface area contributed by atoms with Crippen molar-refractivity contribution in [1.82, 2.24) is 5.32 Å². The van der Waals surface area contributed by atoms with Crippen molar-refractivity contribution in [3.05, 3.63) is 85.1 Å². The zero-order valence-corrected chi connectivity index (χ0v) is 59.0. The van der Waals surface area contributed by atoms with Crippen LogP contribution in [0.15, 0.2) is 85.1 Å². The number of hydrogen-bond donors (Lipinski definition) is 6. The molecule has 1 rings (SSSR count). The number of nitrogens with one attached hydrogen (secondary N) is 1. The number of aliphatic hydroxyl groups is 5. The Kier molecular flexibility index (Phi) is 63.1. The first-order valence-electron chi connectivity index (χ1n) is 38.4. The van der Waals surface area contributed by atoms with Crippen molar-refractivity contribution in [3.8, 4) is 0 Å². The maximum Gasteiger partial charge on any atom is 0.306 e. The van der Waals surface area contributed by atoms with Crippen LogP contribution < -0.4 is 5.32 Å². The third-order valence-corrected chi connectivity index (χ3v) is 17.8. The molecule has 8 atom stereocenters. The van der Waals surface area contributed by atoms with Crippen molar-refractivity contribution in [2.75, 3.05) is 13.2 Å². The molecule has 0 aliphatic carbocycles. The van der Waals surface area contributed by atoms with Gasteiger partial charge in [0.05, 0.1) is 25.4 Å². The predicted octanol–water partition coefficient (Wildman–Crippen LogP) is 20.4. The van der Waals surface area contributed by atoms with Crippen molar-refractivity contribution in [2.24, 2.45) is 0 Å². The van der Waals surface area contributed by atoms with Gasteiger partial charge < -0.3 is 45.1 Å². The van der Waals surface area contributed by atoms with Crippen LogP contribution in [-0.2, 0) is 23.8 Å². The number of unbranched alkanes of at least 4 members (excludes halogenated alkanes) is 40. The molecule has 1 aliphatic heterocycles. The van der Waals surface area contributed by atoms with Crippen LogP contribution in [0.1, 0.15) is 348 Å². The van der Waals surface area contributed by atoms with Gasteiger partial charge >= 0.3 is 5.97 Å². The van der Waals surface area contributed by atoms with Gasteiger partial charge in [-0.3, -0.25) is 9.59 Å². The molecule has 1 fully saturated rings. The monoisotopic (exact) mass is 1280 g/mol. The van der Waals surface area contributed by atoms with Gasteiger partial charge in [0.25, 0.3) is 0 Å². The lowest BCUT2D eigenvalue weighted by Gasteiger charge is -2.41. The SMILES string of the molecule is CC/C=C\C/C=C\C/C=C\C/C=C\C/C=C\C/C=C\CCCCCCCCCC(O)C(=O)NC(COC1OC(CO)C(O)C(O)C1OC(=O)CCCCCCCCCCCCCCCCCCCCCCCCCCC)C(O)/C=C/CCCCCCCCCCC. The van der Waals surface area contributed by atoms with Crippen LogP contribution in [0.3, 0.4) is 0 Å². The second kappa shape index (κ2) is 66.8. The van der Waals surface area contributed by atoms with Crippen molar-refractivity contribution < 1.29 is 49.3 Å². The summed E-state index contributed by atoms with van der Waals surface area (Å²) in [5.41, 5.74) is 0. The minimum atomic E-state index is -1.62. The standard InChI is InChI=1S/C80H143NO10/c1-4-7-10-13-16-19-22-24-26-28-30-32-34-36-38-39-41-43-45-47-49-52-55-58-61-64-67-73(84)79(88)81-71(72(83)66-63-60-57-54-51-21-18-15-12-9-6-3)70-89-80-78(77(87)76(86)74(69-82)90-80)91-75(85)68-65-62-59-56-53-50-48-46-44-42-40-37-35-33-31-29-27-25-23-20-17-14-11-8-5-2/h7,10,16,19,24,26,30,32,36,38,41,43,63,66,71-74,76-78,80,82-84,86-87H,4-6,8-9,11-15,17-18,20-23,25,27-29,31,33-35,37,39-40,42,44-62,64-65,67-70H2,1-3H3,(H,81,88)/b10-7-,19-16-,26-24-,32-30-,38-36-,43-41-,66-63+. The Morgan fingerprint density at radius 1 is 0.440 bits per heavy atom. The summed E-state index contributed by atoms with van der Waals surface area (Å²) in [5.74, 6) is -1.19. The maximum absolute atomic E-state index is 13.5. The molecule has 528 valence electrons. The number of ether oxygens (including phenoxy) is 3. The molecule has 6 N–H and O–H groups in total. The van der Waals surface area contributed by atoms with Crippen LogP contribution in [0.4, 0.5) is 0 Å². The van der Waals surface area contributed by atoms with Crippen molar-refractivity contribution in [2.45, 2.75) is 397 Å². The highest BCUT2D eigenvalue weighted by atomic mass is 16.7. The number of allylic oxidation sites excluding steroid dienone is 13. The van der Waals surface area contributed by atoms with E-state index in [9.17, 15) is 35.1 Å². The highest BCUT2D eigenvalue weighted by Crippen LogP contribution is 2.27. The van der Waals surface area contributed by atoms with Gasteiger partial charge in [-0.25, -0.2) is 0 Å². The molecule has 8 unspecified atom stereocenters. The second-order valence-electron chi connectivity index (χ2n) is 26.4. The average Bonchev–Trinajstić information content (AvgIpc) is 1.02. The molecular formula is C80H143NO10. The Bertz CT molecular complexity index is 1810. The fourth-order valence-corrected chi connectivity index (χ4v) is 11.8. The summed E-state index contributed by atoms with van der Waals surface area (Å²) in [6, 6.07) is -1.03. The van der Waals surface area contributed by atoms with Crippen LogP contribution in [0.5, 0.6) is 0 Å². The molecular weight excluding hydrogens is 1130 g/mol. The third-order valence-electron chi connectivity index (χ3n) is 17.8. The van der Waals surface area contributed by atoms with Gasteiger partial charge in [0.2, 0.25) is 5.91 Å². The summed E-state index contributed by atoms with van der Waals surface area (Å²) < 4.78 is 17.7. The van der Waals surface area contributed by atoms with Crippen LogP contribution in [0, 0.1) is 0 Å². The predicted molar refractivity (Wildman–Crippen MR) is 384 cm³/mol. The summed E-state index contributed by atoms with van der Waals surface area (Å²) in [5, 5.41) is 57.3. The average molecular weight is 1280 g/mol. The largest absolute Gasteiger partial charge is 0.454 e. The van der Waals surface area contributed by atoms with E-state index in [1.54, 1.807) is 6.08 Å². The van der Waals surface area contributed by atoms with Crippen LogP contribution in [0.2, 0.25) is 0 Å². The highest BCUT2D eigenvalue weighted by molar-refractivity contribution is 5.80. The number of aliphatic hydroxyl groups excluding tert-OH is 5. The van der Waals surface area contributed by atoms with Crippen molar-refractivity contribution in [3.63, 3.8) is 0 Å². The topological polar surface area (TPSA) is 175 Å².